The summed E-state index contributed by atoms with van der Waals surface area (Å²) in [5, 5.41) is 0. The van der Waals surface area contributed by atoms with Gasteiger partial charge in [0.05, 0.1) is 11.7 Å². The highest BCUT2D eigenvalue weighted by atomic mass is 16.7. The number of rotatable bonds is 1. The SMILES string of the molecule is CC1OB(C2CCCCC2)OC1(C)C. The average molecular weight is 196 g/mol. The zero-order chi connectivity index (χ0) is 10.2. The van der Waals surface area contributed by atoms with Crippen molar-refractivity contribution in [1.29, 1.82) is 0 Å². The van der Waals surface area contributed by atoms with Gasteiger partial charge in [0.25, 0.3) is 0 Å². The average Bonchev–Trinajstić information content (AvgIpc) is 2.43. The molecular weight excluding hydrogens is 175 g/mol. The highest BCUT2D eigenvalue weighted by Crippen LogP contribution is 2.38. The Morgan fingerprint density at radius 2 is 1.79 bits per heavy atom. The minimum absolute atomic E-state index is 0.0697. The summed E-state index contributed by atoms with van der Waals surface area (Å²) in [5.74, 6) is 0.646. The molecule has 0 aromatic rings. The van der Waals surface area contributed by atoms with Gasteiger partial charge in [-0.2, -0.15) is 0 Å². The predicted molar refractivity (Wildman–Crippen MR) is 58.3 cm³/mol. The van der Waals surface area contributed by atoms with E-state index < -0.39 is 0 Å². The minimum atomic E-state index is -0.0951. The first-order chi connectivity index (χ1) is 6.59. The van der Waals surface area contributed by atoms with Gasteiger partial charge in [-0.05, 0) is 26.6 Å². The molecule has 3 heteroatoms. The molecule has 2 rings (SSSR count). The fraction of sp³-hybridized carbons (Fsp3) is 1.00. The van der Waals surface area contributed by atoms with E-state index in [9.17, 15) is 0 Å². The number of hydrogen-bond acceptors (Lipinski definition) is 2. The van der Waals surface area contributed by atoms with E-state index in [1.807, 2.05) is 0 Å². The Hall–Kier alpha value is -0.0151. The Labute approximate surface area is 87.5 Å². The van der Waals surface area contributed by atoms with Crippen molar-refractivity contribution < 1.29 is 9.31 Å². The standard InChI is InChI=1S/C11H21BO2/c1-9-11(2,3)14-12(13-9)10-7-5-4-6-8-10/h9-10H,4-8H2,1-3H3. The van der Waals surface area contributed by atoms with Crippen molar-refractivity contribution in [2.75, 3.05) is 0 Å². The summed E-state index contributed by atoms with van der Waals surface area (Å²) in [5.41, 5.74) is -0.0951. The molecule has 1 aliphatic carbocycles. The molecule has 2 aliphatic rings. The molecule has 80 valence electrons. The topological polar surface area (TPSA) is 18.5 Å². The van der Waals surface area contributed by atoms with Crippen LogP contribution in [0.5, 0.6) is 0 Å². The Bertz CT molecular complexity index is 199. The molecule has 1 saturated carbocycles. The second kappa shape index (κ2) is 3.86. The molecule has 1 aliphatic heterocycles. The van der Waals surface area contributed by atoms with E-state index >= 15 is 0 Å². The van der Waals surface area contributed by atoms with Crippen LogP contribution in [0.15, 0.2) is 0 Å². The van der Waals surface area contributed by atoms with Gasteiger partial charge in [-0.15, -0.1) is 0 Å². The second-order valence-corrected chi connectivity index (χ2v) is 5.27. The zero-order valence-corrected chi connectivity index (χ0v) is 9.58. The van der Waals surface area contributed by atoms with E-state index in [1.54, 1.807) is 0 Å². The molecule has 1 saturated heterocycles. The van der Waals surface area contributed by atoms with E-state index in [0.717, 1.165) is 0 Å². The number of hydrogen-bond donors (Lipinski definition) is 0. The molecule has 2 fully saturated rings. The molecule has 0 radical (unpaired) electrons. The zero-order valence-electron chi connectivity index (χ0n) is 9.58. The van der Waals surface area contributed by atoms with Crippen LogP contribution in [0.3, 0.4) is 0 Å². The van der Waals surface area contributed by atoms with Crippen molar-refractivity contribution in [3.63, 3.8) is 0 Å². The van der Waals surface area contributed by atoms with Gasteiger partial charge in [0, 0.05) is 0 Å². The normalized spacial score (nSPS) is 33.6. The van der Waals surface area contributed by atoms with E-state index in [0.29, 0.717) is 5.82 Å². The molecule has 0 N–H and O–H groups in total. The Morgan fingerprint density at radius 1 is 1.14 bits per heavy atom. The molecular formula is C11H21BO2. The van der Waals surface area contributed by atoms with Gasteiger partial charge in [-0.25, -0.2) is 0 Å². The first-order valence-electron chi connectivity index (χ1n) is 5.93. The molecule has 0 bridgehead atoms. The summed E-state index contributed by atoms with van der Waals surface area (Å²) in [6, 6.07) is 0. The molecule has 0 aromatic carbocycles. The van der Waals surface area contributed by atoms with Crippen molar-refractivity contribution in [3.8, 4) is 0 Å². The summed E-state index contributed by atoms with van der Waals surface area (Å²) in [7, 11) is 0.0697. The fourth-order valence-corrected chi connectivity index (χ4v) is 2.40. The van der Waals surface area contributed by atoms with Gasteiger partial charge in [0.2, 0.25) is 0 Å². The van der Waals surface area contributed by atoms with Crippen molar-refractivity contribution in [2.24, 2.45) is 0 Å². The molecule has 1 atom stereocenters. The van der Waals surface area contributed by atoms with Gasteiger partial charge < -0.3 is 9.31 Å². The Kier molecular flexibility index (Phi) is 2.89. The Balaban J connectivity index is 1.93. The van der Waals surface area contributed by atoms with Crippen LogP contribution in [0.25, 0.3) is 0 Å². The summed E-state index contributed by atoms with van der Waals surface area (Å²) in [6.07, 6.45) is 6.89. The van der Waals surface area contributed by atoms with Crippen LogP contribution in [-0.2, 0) is 9.31 Å². The lowest BCUT2D eigenvalue weighted by atomic mass is 9.64. The van der Waals surface area contributed by atoms with E-state index in [1.165, 1.54) is 32.1 Å². The first-order valence-corrected chi connectivity index (χ1v) is 5.93. The second-order valence-electron chi connectivity index (χ2n) is 5.27. The lowest BCUT2D eigenvalue weighted by Crippen LogP contribution is -2.31. The lowest BCUT2D eigenvalue weighted by Gasteiger charge is -2.24. The fourth-order valence-electron chi connectivity index (χ4n) is 2.40. The van der Waals surface area contributed by atoms with E-state index in [2.05, 4.69) is 20.8 Å². The highest BCUT2D eigenvalue weighted by molar-refractivity contribution is 6.47. The van der Waals surface area contributed by atoms with Crippen molar-refractivity contribution >= 4 is 7.12 Å². The summed E-state index contributed by atoms with van der Waals surface area (Å²) < 4.78 is 11.9. The molecule has 0 amide bonds. The molecule has 0 aromatic heterocycles. The maximum absolute atomic E-state index is 5.98. The molecule has 14 heavy (non-hydrogen) atoms. The molecule has 1 unspecified atom stereocenters. The monoisotopic (exact) mass is 196 g/mol. The van der Waals surface area contributed by atoms with Gasteiger partial charge in [-0.1, -0.05) is 32.1 Å². The molecule has 2 nitrogen and oxygen atoms in total. The molecule has 0 spiro atoms. The van der Waals surface area contributed by atoms with Crippen molar-refractivity contribution in [1.82, 2.24) is 0 Å². The first kappa shape index (κ1) is 10.5. The third-order valence-electron chi connectivity index (χ3n) is 3.77. The lowest BCUT2D eigenvalue weighted by molar-refractivity contribution is 0.0836. The van der Waals surface area contributed by atoms with Crippen LogP contribution in [0.2, 0.25) is 5.82 Å². The summed E-state index contributed by atoms with van der Waals surface area (Å²) in [4.78, 5) is 0. The highest BCUT2D eigenvalue weighted by Gasteiger charge is 2.46. The van der Waals surface area contributed by atoms with Gasteiger partial charge >= 0.3 is 7.12 Å². The Morgan fingerprint density at radius 3 is 2.29 bits per heavy atom. The molecule has 1 heterocycles. The van der Waals surface area contributed by atoms with Crippen molar-refractivity contribution in [2.45, 2.75) is 70.4 Å². The van der Waals surface area contributed by atoms with Gasteiger partial charge in [0.1, 0.15) is 0 Å². The largest absolute Gasteiger partial charge is 0.460 e. The predicted octanol–water partition coefficient (Wildman–Crippen LogP) is 3.02. The van der Waals surface area contributed by atoms with Crippen LogP contribution in [0.1, 0.15) is 52.9 Å². The summed E-state index contributed by atoms with van der Waals surface area (Å²) in [6.45, 7) is 6.36. The summed E-state index contributed by atoms with van der Waals surface area (Å²) >= 11 is 0. The maximum Gasteiger partial charge on any atom is 0.460 e. The van der Waals surface area contributed by atoms with Crippen LogP contribution in [-0.4, -0.2) is 18.8 Å². The minimum Gasteiger partial charge on any atom is -0.406 e. The third-order valence-corrected chi connectivity index (χ3v) is 3.77. The smallest absolute Gasteiger partial charge is 0.406 e. The van der Waals surface area contributed by atoms with Gasteiger partial charge in [-0.3, -0.25) is 0 Å². The van der Waals surface area contributed by atoms with Gasteiger partial charge in [0.15, 0.2) is 0 Å². The quantitative estimate of drug-likeness (QED) is 0.600. The maximum atomic E-state index is 5.98. The van der Waals surface area contributed by atoms with Crippen LogP contribution >= 0.6 is 0 Å². The van der Waals surface area contributed by atoms with Crippen molar-refractivity contribution in [3.05, 3.63) is 0 Å². The van der Waals surface area contributed by atoms with E-state index in [4.69, 9.17) is 9.31 Å². The van der Waals surface area contributed by atoms with E-state index in [-0.39, 0.29) is 18.8 Å². The van der Waals surface area contributed by atoms with Crippen LogP contribution in [0, 0.1) is 0 Å². The van der Waals surface area contributed by atoms with Crippen LogP contribution in [0.4, 0.5) is 0 Å². The van der Waals surface area contributed by atoms with Crippen LogP contribution < -0.4 is 0 Å². The third kappa shape index (κ3) is 1.99.